The van der Waals surface area contributed by atoms with Gasteiger partial charge in [-0.15, -0.1) is 0 Å². The van der Waals surface area contributed by atoms with E-state index in [9.17, 15) is 9.18 Å². The molecule has 8 nitrogen and oxygen atoms in total. The van der Waals surface area contributed by atoms with E-state index in [1.165, 1.54) is 10.6 Å². The molecular formula is C22H18FN7O. The number of carbonyl (C=O) groups is 1. The SMILES string of the molecule is Cc1ccc2c(C(=O)N3CCc4[nH]cnc4[C@@H]3c3cc4c(F)cccn4n3)cnn2c1. The molecule has 1 amide bonds. The third-order valence-corrected chi connectivity index (χ3v) is 5.83. The zero-order valence-corrected chi connectivity index (χ0v) is 16.7. The number of nitrogens with one attached hydrogen (secondary N) is 1. The number of nitrogens with zero attached hydrogens (tertiary/aromatic N) is 6. The number of hydrogen-bond acceptors (Lipinski definition) is 4. The van der Waals surface area contributed by atoms with Crippen molar-refractivity contribution in [1.29, 1.82) is 0 Å². The molecule has 5 aromatic heterocycles. The van der Waals surface area contributed by atoms with Crippen molar-refractivity contribution in [3.05, 3.63) is 89.3 Å². The van der Waals surface area contributed by atoms with Crippen LogP contribution in [0.1, 0.15) is 39.0 Å². The lowest BCUT2D eigenvalue weighted by atomic mass is 9.98. The van der Waals surface area contributed by atoms with Crippen molar-refractivity contribution in [3.8, 4) is 0 Å². The van der Waals surface area contributed by atoms with Crippen molar-refractivity contribution in [3.63, 3.8) is 0 Å². The summed E-state index contributed by atoms with van der Waals surface area (Å²) in [4.78, 5) is 23.1. The maximum absolute atomic E-state index is 14.3. The Morgan fingerprint density at radius 3 is 3.00 bits per heavy atom. The number of carbonyl (C=O) groups excluding carboxylic acids is 1. The first-order chi connectivity index (χ1) is 15.1. The smallest absolute Gasteiger partial charge is 0.258 e. The van der Waals surface area contributed by atoms with Gasteiger partial charge in [-0.25, -0.2) is 18.4 Å². The Kier molecular flexibility index (Phi) is 3.73. The number of halogens is 1. The number of hydrogen-bond donors (Lipinski definition) is 1. The van der Waals surface area contributed by atoms with Crippen LogP contribution in [0.2, 0.25) is 0 Å². The van der Waals surface area contributed by atoms with Crippen LogP contribution in [-0.4, -0.2) is 46.5 Å². The molecule has 6 rings (SSSR count). The molecule has 1 aliphatic heterocycles. The second kappa shape index (κ2) is 6.49. The predicted molar refractivity (Wildman–Crippen MR) is 110 cm³/mol. The molecule has 0 unspecified atom stereocenters. The number of fused-ring (bicyclic) bond motifs is 3. The number of pyridine rings is 2. The summed E-state index contributed by atoms with van der Waals surface area (Å²) in [5, 5.41) is 8.92. The summed E-state index contributed by atoms with van der Waals surface area (Å²) in [5.74, 6) is -0.523. The summed E-state index contributed by atoms with van der Waals surface area (Å²) < 4.78 is 17.5. The summed E-state index contributed by atoms with van der Waals surface area (Å²) in [7, 11) is 0. The summed E-state index contributed by atoms with van der Waals surface area (Å²) in [5.41, 5.74) is 4.93. The summed E-state index contributed by atoms with van der Waals surface area (Å²) in [6.07, 6.45) is 7.45. The normalized spacial score (nSPS) is 16.2. The topological polar surface area (TPSA) is 83.6 Å². The molecular weight excluding hydrogens is 397 g/mol. The van der Waals surface area contributed by atoms with E-state index in [-0.39, 0.29) is 11.7 Å². The third-order valence-electron chi connectivity index (χ3n) is 5.83. The minimum atomic E-state index is -0.526. The molecule has 0 aliphatic carbocycles. The van der Waals surface area contributed by atoms with Crippen molar-refractivity contribution in [2.24, 2.45) is 0 Å². The number of amides is 1. The molecule has 5 aromatic rings. The van der Waals surface area contributed by atoms with Crippen LogP contribution in [0, 0.1) is 12.7 Å². The van der Waals surface area contributed by atoms with Crippen LogP contribution in [0.15, 0.2) is 55.2 Å². The van der Waals surface area contributed by atoms with E-state index in [0.29, 0.717) is 29.7 Å². The van der Waals surface area contributed by atoms with Gasteiger partial charge in [0.05, 0.1) is 35.0 Å². The lowest BCUT2D eigenvalue weighted by molar-refractivity contribution is 0.0689. The first-order valence-corrected chi connectivity index (χ1v) is 10.0. The molecule has 154 valence electrons. The zero-order valence-electron chi connectivity index (χ0n) is 16.7. The van der Waals surface area contributed by atoms with Crippen LogP contribution in [0.3, 0.4) is 0 Å². The quantitative estimate of drug-likeness (QED) is 0.481. The summed E-state index contributed by atoms with van der Waals surface area (Å²) in [6.45, 7) is 2.46. The molecule has 0 aromatic carbocycles. The molecule has 31 heavy (non-hydrogen) atoms. The molecule has 0 radical (unpaired) electrons. The van der Waals surface area contributed by atoms with E-state index in [4.69, 9.17) is 0 Å². The van der Waals surface area contributed by atoms with Crippen molar-refractivity contribution < 1.29 is 9.18 Å². The van der Waals surface area contributed by atoms with E-state index in [0.717, 1.165) is 22.5 Å². The molecule has 0 spiro atoms. The maximum Gasteiger partial charge on any atom is 0.258 e. The molecule has 1 atom stereocenters. The molecule has 0 saturated heterocycles. The molecule has 9 heteroatoms. The molecule has 0 fully saturated rings. The van der Waals surface area contributed by atoms with Gasteiger partial charge in [-0.05, 0) is 36.8 Å². The van der Waals surface area contributed by atoms with Gasteiger partial charge < -0.3 is 9.88 Å². The van der Waals surface area contributed by atoms with Crippen molar-refractivity contribution >= 4 is 16.9 Å². The van der Waals surface area contributed by atoms with Gasteiger partial charge in [-0.3, -0.25) is 4.79 Å². The minimum absolute atomic E-state index is 0.157. The van der Waals surface area contributed by atoms with E-state index in [1.807, 2.05) is 25.3 Å². The number of rotatable bonds is 2. The second-order valence-electron chi connectivity index (χ2n) is 7.77. The average molecular weight is 415 g/mol. The molecule has 0 bridgehead atoms. The third kappa shape index (κ3) is 2.66. The number of aromatic nitrogens is 6. The first kappa shape index (κ1) is 17.8. The maximum atomic E-state index is 14.3. The van der Waals surface area contributed by atoms with Gasteiger partial charge in [0.25, 0.3) is 5.91 Å². The number of H-pyrrole nitrogens is 1. The molecule has 6 heterocycles. The standard InChI is InChI=1S/C22H18FN7O/c1-13-4-5-18-14(10-26-30(18)11-13)22(31)28-8-6-16-20(25-12-24-16)21(28)17-9-19-15(23)3-2-7-29(19)27-17/h2-5,7,9-12,21H,6,8H2,1H3,(H,24,25)/t21-/m0/s1. The minimum Gasteiger partial charge on any atom is -0.348 e. The fourth-order valence-electron chi connectivity index (χ4n) is 4.33. The predicted octanol–water partition coefficient (Wildman–Crippen LogP) is 2.94. The van der Waals surface area contributed by atoms with Crippen molar-refractivity contribution in [2.75, 3.05) is 6.54 Å². The van der Waals surface area contributed by atoms with Gasteiger partial charge in [0, 0.05) is 31.1 Å². The second-order valence-corrected chi connectivity index (χ2v) is 7.77. The average Bonchev–Trinajstić information content (AvgIpc) is 3.50. The van der Waals surface area contributed by atoms with Crippen molar-refractivity contribution in [1.82, 2.24) is 34.1 Å². The monoisotopic (exact) mass is 415 g/mol. The van der Waals surface area contributed by atoms with Gasteiger partial charge >= 0.3 is 0 Å². The lowest BCUT2D eigenvalue weighted by Crippen LogP contribution is -2.41. The van der Waals surface area contributed by atoms with Crippen LogP contribution in [0.4, 0.5) is 4.39 Å². The van der Waals surface area contributed by atoms with Crippen LogP contribution in [0.5, 0.6) is 0 Å². The largest absolute Gasteiger partial charge is 0.348 e. The molecule has 1 N–H and O–H groups in total. The van der Waals surface area contributed by atoms with Crippen molar-refractivity contribution in [2.45, 2.75) is 19.4 Å². The van der Waals surface area contributed by atoms with E-state index < -0.39 is 6.04 Å². The molecule has 1 aliphatic rings. The van der Waals surface area contributed by atoms with Gasteiger partial charge in [-0.2, -0.15) is 10.2 Å². The summed E-state index contributed by atoms with van der Waals surface area (Å²) in [6, 6.07) is 8.01. The highest BCUT2D eigenvalue weighted by molar-refractivity contribution is 6.01. The lowest BCUT2D eigenvalue weighted by Gasteiger charge is -2.33. The highest BCUT2D eigenvalue weighted by atomic mass is 19.1. The van der Waals surface area contributed by atoms with E-state index in [1.54, 1.807) is 40.3 Å². The van der Waals surface area contributed by atoms with Gasteiger partial charge in [0.2, 0.25) is 0 Å². The number of aromatic amines is 1. The highest BCUT2D eigenvalue weighted by Crippen LogP contribution is 2.35. The first-order valence-electron chi connectivity index (χ1n) is 10.0. The Balaban J connectivity index is 1.49. The Morgan fingerprint density at radius 2 is 2.13 bits per heavy atom. The zero-order chi connectivity index (χ0) is 21.1. The van der Waals surface area contributed by atoms with Crippen LogP contribution >= 0.6 is 0 Å². The van der Waals surface area contributed by atoms with Gasteiger partial charge in [-0.1, -0.05) is 6.07 Å². The number of imidazole rings is 1. The Morgan fingerprint density at radius 1 is 1.23 bits per heavy atom. The fourth-order valence-corrected chi connectivity index (χ4v) is 4.33. The Labute approximate surface area is 175 Å². The number of aryl methyl sites for hydroxylation is 1. The van der Waals surface area contributed by atoms with E-state index in [2.05, 4.69) is 20.2 Å². The van der Waals surface area contributed by atoms with Gasteiger partial charge in [0.15, 0.2) is 0 Å². The Hall–Kier alpha value is -4.01. The van der Waals surface area contributed by atoms with E-state index >= 15 is 0 Å². The fraction of sp³-hybridized carbons (Fsp3) is 0.182. The van der Waals surface area contributed by atoms with Crippen LogP contribution in [0.25, 0.3) is 11.0 Å². The molecule has 0 saturated carbocycles. The Bertz CT molecular complexity index is 1460. The highest BCUT2D eigenvalue weighted by Gasteiger charge is 2.37. The summed E-state index contributed by atoms with van der Waals surface area (Å²) >= 11 is 0. The van der Waals surface area contributed by atoms with Crippen LogP contribution < -0.4 is 0 Å². The van der Waals surface area contributed by atoms with Crippen LogP contribution in [-0.2, 0) is 6.42 Å². The van der Waals surface area contributed by atoms with Gasteiger partial charge in [0.1, 0.15) is 17.4 Å².